The smallest absolute Gasteiger partial charge is 0.298 e. The maximum absolute atomic E-state index is 13.2. The van der Waals surface area contributed by atoms with Gasteiger partial charge in [-0.15, -0.1) is 0 Å². The number of hydrogen-bond acceptors (Lipinski definition) is 7. The predicted octanol–water partition coefficient (Wildman–Crippen LogP) is 0.214. The summed E-state index contributed by atoms with van der Waals surface area (Å²) in [5.41, 5.74) is 6.89. The minimum atomic E-state index is -3.24. The van der Waals surface area contributed by atoms with Crippen molar-refractivity contribution in [3.05, 3.63) is 46.5 Å². The Morgan fingerprint density at radius 1 is 1.14 bits per heavy atom. The first-order chi connectivity index (χ1) is 13.8. The first-order valence-electron chi connectivity index (χ1n) is 9.50. The molecule has 0 saturated carbocycles. The normalized spacial score (nSPS) is 15.5. The summed E-state index contributed by atoms with van der Waals surface area (Å²) in [6, 6.07) is 7.23. The van der Waals surface area contributed by atoms with Gasteiger partial charge in [-0.2, -0.15) is 4.31 Å². The number of ether oxygens (including phenoxy) is 1. The Morgan fingerprint density at radius 3 is 2.34 bits per heavy atom. The Hall–Kier alpha value is -2.43. The standard InChI is InChI=1S/C19H27N5O4S/c1-28-17-7-5-16(6-8-17)24-14-15(4-3-9-20)21-18(19(24)25)22-10-12-23(13-11-22)29(2,26)27/h5-8,14H,3-4,9-13,20H2,1-2H3. The van der Waals surface area contributed by atoms with Crippen LogP contribution in [0.25, 0.3) is 5.69 Å². The minimum absolute atomic E-state index is 0.237. The highest BCUT2D eigenvalue weighted by Gasteiger charge is 2.26. The molecule has 9 nitrogen and oxygen atoms in total. The van der Waals surface area contributed by atoms with Crippen molar-refractivity contribution in [2.45, 2.75) is 12.8 Å². The second kappa shape index (κ2) is 8.93. The number of anilines is 1. The van der Waals surface area contributed by atoms with Crippen molar-refractivity contribution < 1.29 is 13.2 Å². The van der Waals surface area contributed by atoms with Crippen LogP contribution in [-0.2, 0) is 16.4 Å². The summed E-state index contributed by atoms with van der Waals surface area (Å²) in [7, 11) is -1.65. The number of aryl methyl sites for hydroxylation is 1. The van der Waals surface area contributed by atoms with E-state index in [2.05, 4.69) is 4.98 Å². The van der Waals surface area contributed by atoms with Crippen molar-refractivity contribution in [3.8, 4) is 11.4 Å². The SMILES string of the molecule is COc1ccc(-n2cc(CCCN)nc(N3CCN(S(C)(=O)=O)CC3)c2=O)cc1. The topological polar surface area (TPSA) is 111 Å². The number of nitrogens with zero attached hydrogens (tertiary/aromatic N) is 4. The summed E-state index contributed by atoms with van der Waals surface area (Å²) in [6.07, 6.45) is 4.36. The van der Waals surface area contributed by atoms with Crippen molar-refractivity contribution in [2.24, 2.45) is 5.73 Å². The van der Waals surface area contributed by atoms with Gasteiger partial charge in [0.05, 0.1) is 19.1 Å². The van der Waals surface area contributed by atoms with Gasteiger partial charge in [0.15, 0.2) is 5.82 Å². The maximum atomic E-state index is 13.2. The van der Waals surface area contributed by atoms with Gasteiger partial charge in [0.25, 0.3) is 5.56 Å². The van der Waals surface area contributed by atoms with Gasteiger partial charge in [-0.05, 0) is 43.7 Å². The van der Waals surface area contributed by atoms with E-state index >= 15 is 0 Å². The molecule has 0 unspecified atom stereocenters. The highest BCUT2D eigenvalue weighted by atomic mass is 32.2. The molecule has 1 aliphatic heterocycles. The van der Waals surface area contributed by atoms with Gasteiger partial charge in [0.1, 0.15) is 5.75 Å². The Bertz CT molecular complexity index is 996. The Balaban J connectivity index is 1.96. The first-order valence-corrected chi connectivity index (χ1v) is 11.4. The average Bonchev–Trinajstić information content (AvgIpc) is 2.72. The first kappa shape index (κ1) is 21.3. The van der Waals surface area contributed by atoms with Crippen LogP contribution in [0.3, 0.4) is 0 Å². The monoisotopic (exact) mass is 421 g/mol. The second-order valence-electron chi connectivity index (χ2n) is 6.97. The zero-order valence-electron chi connectivity index (χ0n) is 16.7. The molecule has 1 fully saturated rings. The lowest BCUT2D eigenvalue weighted by molar-refractivity contribution is 0.386. The van der Waals surface area contributed by atoms with E-state index in [4.69, 9.17) is 10.5 Å². The van der Waals surface area contributed by atoms with E-state index < -0.39 is 10.0 Å². The minimum Gasteiger partial charge on any atom is -0.497 e. The van der Waals surface area contributed by atoms with E-state index in [9.17, 15) is 13.2 Å². The fourth-order valence-corrected chi connectivity index (χ4v) is 4.13. The number of methoxy groups -OCH3 is 1. The van der Waals surface area contributed by atoms with Crippen molar-refractivity contribution in [1.82, 2.24) is 13.9 Å². The summed E-state index contributed by atoms with van der Waals surface area (Å²) >= 11 is 0. The largest absolute Gasteiger partial charge is 0.497 e. The van der Waals surface area contributed by atoms with Gasteiger partial charge in [-0.25, -0.2) is 13.4 Å². The fourth-order valence-electron chi connectivity index (χ4n) is 3.30. The molecule has 0 bridgehead atoms. The fraction of sp³-hybridized carbons (Fsp3) is 0.474. The van der Waals surface area contributed by atoms with Crippen molar-refractivity contribution in [1.29, 1.82) is 0 Å². The molecular formula is C19H27N5O4S. The molecule has 0 spiro atoms. The van der Waals surface area contributed by atoms with Gasteiger partial charge < -0.3 is 15.4 Å². The molecule has 0 atom stereocenters. The summed E-state index contributed by atoms with van der Waals surface area (Å²) in [5, 5.41) is 0. The molecule has 2 heterocycles. The van der Waals surface area contributed by atoms with Gasteiger partial charge in [0, 0.05) is 38.1 Å². The molecule has 1 aromatic carbocycles. The quantitative estimate of drug-likeness (QED) is 0.680. The number of nitrogens with two attached hydrogens (primary N) is 1. The van der Waals surface area contributed by atoms with Crippen LogP contribution >= 0.6 is 0 Å². The lowest BCUT2D eigenvalue weighted by atomic mass is 10.2. The van der Waals surface area contributed by atoms with Crippen LogP contribution in [0.2, 0.25) is 0 Å². The van der Waals surface area contributed by atoms with Gasteiger partial charge in [-0.1, -0.05) is 0 Å². The lowest BCUT2D eigenvalue weighted by Gasteiger charge is -2.33. The van der Waals surface area contributed by atoms with Gasteiger partial charge in [0.2, 0.25) is 10.0 Å². The molecule has 29 heavy (non-hydrogen) atoms. The zero-order valence-corrected chi connectivity index (χ0v) is 17.6. The van der Waals surface area contributed by atoms with Crippen LogP contribution in [0, 0.1) is 0 Å². The number of rotatable bonds is 7. The average molecular weight is 422 g/mol. The molecule has 1 saturated heterocycles. The van der Waals surface area contributed by atoms with E-state index in [0.29, 0.717) is 56.4 Å². The second-order valence-corrected chi connectivity index (χ2v) is 8.95. The van der Waals surface area contributed by atoms with Crippen LogP contribution in [-0.4, -0.2) is 68.4 Å². The molecule has 2 aromatic rings. The molecule has 0 aliphatic carbocycles. The van der Waals surface area contributed by atoms with Crippen LogP contribution in [0.15, 0.2) is 35.3 Å². The molecule has 158 valence electrons. The third-order valence-corrected chi connectivity index (χ3v) is 6.24. The summed E-state index contributed by atoms with van der Waals surface area (Å²) in [4.78, 5) is 19.6. The number of piperazine rings is 1. The van der Waals surface area contributed by atoms with Gasteiger partial charge in [-0.3, -0.25) is 9.36 Å². The van der Waals surface area contributed by atoms with Crippen LogP contribution < -0.4 is 20.9 Å². The summed E-state index contributed by atoms with van der Waals surface area (Å²) in [5.74, 6) is 1.04. The summed E-state index contributed by atoms with van der Waals surface area (Å²) < 4.78 is 31.7. The van der Waals surface area contributed by atoms with E-state index in [0.717, 1.165) is 12.1 Å². The van der Waals surface area contributed by atoms with E-state index in [-0.39, 0.29) is 5.56 Å². The van der Waals surface area contributed by atoms with Crippen LogP contribution in [0.1, 0.15) is 12.1 Å². The lowest BCUT2D eigenvalue weighted by Crippen LogP contribution is -2.50. The molecule has 0 radical (unpaired) electrons. The maximum Gasteiger partial charge on any atom is 0.298 e. The number of hydrogen-bond donors (Lipinski definition) is 1. The molecular weight excluding hydrogens is 394 g/mol. The highest BCUT2D eigenvalue weighted by molar-refractivity contribution is 7.88. The van der Waals surface area contributed by atoms with E-state index in [1.165, 1.54) is 10.6 Å². The van der Waals surface area contributed by atoms with Crippen molar-refractivity contribution in [3.63, 3.8) is 0 Å². The highest BCUT2D eigenvalue weighted by Crippen LogP contribution is 2.17. The molecule has 0 amide bonds. The molecule has 1 aromatic heterocycles. The number of aromatic nitrogens is 2. The number of sulfonamides is 1. The molecule has 1 aliphatic rings. The molecule has 10 heteroatoms. The van der Waals surface area contributed by atoms with Gasteiger partial charge >= 0.3 is 0 Å². The van der Waals surface area contributed by atoms with E-state index in [1.54, 1.807) is 30.0 Å². The third kappa shape index (κ3) is 4.95. The summed E-state index contributed by atoms with van der Waals surface area (Å²) in [6.45, 7) is 2.02. The Kier molecular flexibility index (Phi) is 6.56. The third-order valence-electron chi connectivity index (χ3n) is 4.93. The van der Waals surface area contributed by atoms with Crippen LogP contribution in [0.4, 0.5) is 5.82 Å². The van der Waals surface area contributed by atoms with Crippen molar-refractivity contribution in [2.75, 3.05) is 51.0 Å². The van der Waals surface area contributed by atoms with E-state index in [1.807, 2.05) is 17.0 Å². The molecule has 2 N–H and O–H groups in total. The molecule has 3 rings (SSSR count). The Labute approximate surface area is 170 Å². The Morgan fingerprint density at radius 2 is 1.79 bits per heavy atom. The van der Waals surface area contributed by atoms with Crippen molar-refractivity contribution >= 4 is 15.8 Å². The zero-order chi connectivity index (χ0) is 21.0. The predicted molar refractivity (Wildman–Crippen MR) is 112 cm³/mol. The number of benzene rings is 1. The van der Waals surface area contributed by atoms with Crippen LogP contribution in [0.5, 0.6) is 5.75 Å².